The second kappa shape index (κ2) is 4.10. The Balaban J connectivity index is 1.99. The fourth-order valence-corrected chi connectivity index (χ4v) is 2.33. The molecule has 0 fully saturated rings. The average Bonchev–Trinajstić information content (AvgIpc) is 2.98. The van der Waals surface area contributed by atoms with Crippen LogP contribution in [0.25, 0.3) is 22.0 Å². The van der Waals surface area contributed by atoms with E-state index in [-0.39, 0.29) is 0 Å². The van der Waals surface area contributed by atoms with E-state index in [9.17, 15) is 0 Å². The van der Waals surface area contributed by atoms with Crippen LogP contribution in [0.5, 0.6) is 0 Å². The van der Waals surface area contributed by atoms with Crippen molar-refractivity contribution in [3.8, 4) is 22.0 Å². The molecule has 1 N–H and O–H groups in total. The number of thiazole rings is 1. The fraction of sp³-hybridized carbons (Fsp3) is 0.0833. The van der Waals surface area contributed by atoms with E-state index < -0.39 is 0 Å². The molecule has 0 radical (unpaired) electrons. The maximum Gasteiger partial charge on any atom is 0.141 e. The summed E-state index contributed by atoms with van der Waals surface area (Å²) in [6.07, 6.45) is 3.55. The van der Waals surface area contributed by atoms with Gasteiger partial charge in [-0.2, -0.15) is 5.10 Å². The third kappa shape index (κ3) is 1.97. The molecule has 0 aliphatic heterocycles. The van der Waals surface area contributed by atoms with Gasteiger partial charge < -0.3 is 0 Å². The van der Waals surface area contributed by atoms with Gasteiger partial charge in [0.25, 0.3) is 0 Å². The monoisotopic (exact) mass is 242 g/mol. The van der Waals surface area contributed by atoms with Crippen molar-refractivity contribution in [2.45, 2.75) is 6.92 Å². The topological polar surface area (TPSA) is 54.5 Å². The van der Waals surface area contributed by atoms with Gasteiger partial charge in [0.1, 0.15) is 5.01 Å². The Morgan fingerprint density at radius 1 is 1.35 bits per heavy atom. The zero-order valence-electron chi connectivity index (χ0n) is 9.21. The lowest BCUT2D eigenvalue weighted by Gasteiger charge is -1.91. The Kier molecular flexibility index (Phi) is 2.45. The molecule has 0 bridgehead atoms. The molecule has 0 unspecified atom stereocenters. The van der Waals surface area contributed by atoms with Crippen LogP contribution in [0.2, 0.25) is 0 Å². The molecule has 0 amide bonds. The molecule has 84 valence electrons. The van der Waals surface area contributed by atoms with Crippen LogP contribution in [0.3, 0.4) is 0 Å². The van der Waals surface area contributed by atoms with E-state index in [4.69, 9.17) is 0 Å². The summed E-state index contributed by atoms with van der Waals surface area (Å²) in [7, 11) is 0. The van der Waals surface area contributed by atoms with Crippen molar-refractivity contribution < 1.29 is 0 Å². The molecule has 0 saturated heterocycles. The van der Waals surface area contributed by atoms with E-state index in [0.29, 0.717) is 0 Å². The summed E-state index contributed by atoms with van der Waals surface area (Å²) in [4.78, 5) is 8.50. The summed E-state index contributed by atoms with van der Waals surface area (Å²) in [5.41, 5.74) is 3.87. The van der Waals surface area contributed by atoms with E-state index in [2.05, 4.69) is 20.2 Å². The number of hydrogen-bond donors (Lipinski definition) is 1. The lowest BCUT2D eigenvalue weighted by Crippen LogP contribution is -1.78. The first-order valence-electron chi connectivity index (χ1n) is 5.21. The minimum Gasteiger partial charge on any atom is -0.275 e. The highest BCUT2D eigenvalue weighted by molar-refractivity contribution is 7.13. The molecule has 0 aliphatic rings. The Hall–Kier alpha value is -2.01. The van der Waals surface area contributed by atoms with Crippen LogP contribution >= 0.6 is 11.3 Å². The number of aryl methyl sites for hydroxylation is 1. The van der Waals surface area contributed by atoms with Crippen molar-refractivity contribution in [2.75, 3.05) is 0 Å². The summed E-state index contributed by atoms with van der Waals surface area (Å²) in [6.45, 7) is 1.98. The molecule has 4 nitrogen and oxygen atoms in total. The number of H-pyrrole nitrogens is 1. The highest BCUT2D eigenvalue weighted by Crippen LogP contribution is 2.25. The summed E-state index contributed by atoms with van der Waals surface area (Å²) in [5, 5.41) is 10.3. The summed E-state index contributed by atoms with van der Waals surface area (Å²) in [5.74, 6) is 0. The molecule has 3 aromatic heterocycles. The molecule has 0 aliphatic carbocycles. The van der Waals surface area contributed by atoms with Crippen LogP contribution in [-0.4, -0.2) is 20.2 Å². The molecule has 0 saturated carbocycles. The number of aromatic amines is 1. The van der Waals surface area contributed by atoms with E-state index in [1.165, 1.54) is 0 Å². The predicted octanol–water partition coefficient (Wildman–Crippen LogP) is 2.90. The molecule has 17 heavy (non-hydrogen) atoms. The third-order valence-electron chi connectivity index (χ3n) is 2.38. The van der Waals surface area contributed by atoms with Crippen LogP contribution in [-0.2, 0) is 0 Å². The van der Waals surface area contributed by atoms with Gasteiger partial charge in [-0.05, 0) is 25.1 Å². The van der Waals surface area contributed by atoms with E-state index >= 15 is 0 Å². The lowest BCUT2D eigenvalue weighted by molar-refractivity contribution is 1.09. The average molecular weight is 242 g/mol. The largest absolute Gasteiger partial charge is 0.275 e. The van der Waals surface area contributed by atoms with Crippen LogP contribution < -0.4 is 0 Å². The van der Waals surface area contributed by atoms with Crippen molar-refractivity contribution >= 4 is 11.3 Å². The summed E-state index contributed by atoms with van der Waals surface area (Å²) >= 11 is 1.61. The first-order valence-corrected chi connectivity index (χ1v) is 6.09. The molecule has 3 rings (SSSR count). The van der Waals surface area contributed by atoms with E-state index in [1.54, 1.807) is 23.7 Å². The van der Waals surface area contributed by atoms with Gasteiger partial charge in [-0.3, -0.25) is 10.1 Å². The van der Waals surface area contributed by atoms with Crippen molar-refractivity contribution in [1.29, 1.82) is 0 Å². The Labute approximate surface area is 102 Å². The SMILES string of the molecule is Cc1csc(-c2cc(-c3cccnc3)n[nH]2)n1. The molecule has 3 heterocycles. The molecule has 0 aromatic carbocycles. The standard InChI is InChI=1S/C12H10N4S/c1-8-7-17-12(14-8)11-5-10(15-16-11)9-3-2-4-13-6-9/h2-7H,1H3,(H,15,16). The molecule has 3 aromatic rings. The Morgan fingerprint density at radius 2 is 2.29 bits per heavy atom. The predicted molar refractivity (Wildman–Crippen MR) is 67.7 cm³/mol. The number of rotatable bonds is 2. The number of nitrogens with zero attached hydrogens (tertiary/aromatic N) is 3. The molecule has 0 atom stereocenters. The Bertz CT molecular complexity index is 627. The smallest absolute Gasteiger partial charge is 0.141 e. The van der Waals surface area contributed by atoms with Crippen LogP contribution in [0.15, 0.2) is 36.0 Å². The van der Waals surface area contributed by atoms with Crippen LogP contribution in [0.4, 0.5) is 0 Å². The summed E-state index contributed by atoms with van der Waals surface area (Å²) < 4.78 is 0. The normalized spacial score (nSPS) is 10.6. The number of pyridine rings is 1. The van der Waals surface area contributed by atoms with Gasteiger partial charge in [0.2, 0.25) is 0 Å². The van der Waals surface area contributed by atoms with E-state index in [1.807, 2.05) is 30.5 Å². The van der Waals surface area contributed by atoms with Gasteiger partial charge in [-0.25, -0.2) is 4.98 Å². The van der Waals surface area contributed by atoms with Crippen molar-refractivity contribution in [1.82, 2.24) is 20.2 Å². The zero-order chi connectivity index (χ0) is 11.7. The second-order valence-electron chi connectivity index (χ2n) is 3.70. The second-order valence-corrected chi connectivity index (χ2v) is 4.56. The molecule has 0 spiro atoms. The zero-order valence-corrected chi connectivity index (χ0v) is 10.0. The molecular formula is C12H10N4S. The molecular weight excluding hydrogens is 232 g/mol. The maximum atomic E-state index is 4.42. The van der Waals surface area contributed by atoms with E-state index in [0.717, 1.165) is 27.7 Å². The number of hydrogen-bond acceptors (Lipinski definition) is 4. The highest BCUT2D eigenvalue weighted by Gasteiger charge is 2.08. The number of aromatic nitrogens is 4. The van der Waals surface area contributed by atoms with Gasteiger partial charge in [0, 0.05) is 29.0 Å². The van der Waals surface area contributed by atoms with Gasteiger partial charge >= 0.3 is 0 Å². The first kappa shape index (κ1) is 10.2. The van der Waals surface area contributed by atoms with Crippen LogP contribution in [0.1, 0.15) is 5.69 Å². The lowest BCUT2D eigenvalue weighted by atomic mass is 10.2. The van der Waals surface area contributed by atoms with Gasteiger partial charge in [-0.15, -0.1) is 11.3 Å². The molecule has 5 heteroatoms. The minimum atomic E-state index is 0.890. The van der Waals surface area contributed by atoms with Crippen LogP contribution in [0, 0.1) is 6.92 Å². The fourth-order valence-electron chi connectivity index (χ4n) is 1.57. The van der Waals surface area contributed by atoms with Gasteiger partial charge in [0.05, 0.1) is 11.4 Å². The minimum absolute atomic E-state index is 0.890. The van der Waals surface area contributed by atoms with Crippen molar-refractivity contribution in [3.05, 3.63) is 41.7 Å². The van der Waals surface area contributed by atoms with Gasteiger partial charge in [0.15, 0.2) is 0 Å². The van der Waals surface area contributed by atoms with Crippen molar-refractivity contribution in [3.63, 3.8) is 0 Å². The van der Waals surface area contributed by atoms with Crippen molar-refractivity contribution in [2.24, 2.45) is 0 Å². The third-order valence-corrected chi connectivity index (χ3v) is 3.38. The Morgan fingerprint density at radius 3 is 3.00 bits per heavy atom. The number of nitrogens with one attached hydrogen (secondary N) is 1. The van der Waals surface area contributed by atoms with Gasteiger partial charge in [-0.1, -0.05) is 0 Å². The quantitative estimate of drug-likeness (QED) is 0.751. The summed E-state index contributed by atoms with van der Waals surface area (Å²) in [6, 6.07) is 5.88. The first-order chi connectivity index (χ1) is 8.33. The highest BCUT2D eigenvalue weighted by atomic mass is 32.1. The maximum absolute atomic E-state index is 4.42.